The number of rotatable bonds is 4. The molecule has 0 amide bonds. The van der Waals surface area contributed by atoms with E-state index < -0.39 is 6.10 Å². The second-order valence-corrected chi connectivity index (χ2v) is 3.53. The predicted octanol–water partition coefficient (Wildman–Crippen LogP) is 1.03. The van der Waals surface area contributed by atoms with E-state index in [0.29, 0.717) is 6.42 Å². The second kappa shape index (κ2) is 4.74. The Morgan fingerprint density at radius 1 is 1.70 bits per heavy atom. The molecule has 1 N–H and O–H groups in total. The van der Waals surface area contributed by atoms with Crippen molar-refractivity contribution in [3.8, 4) is 0 Å². The summed E-state index contributed by atoms with van der Waals surface area (Å²) in [6, 6.07) is 0. The van der Waals surface area contributed by atoms with Gasteiger partial charge in [-0.2, -0.15) is 12.6 Å². The van der Waals surface area contributed by atoms with Crippen LogP contribution in [0, 0.1) is 0 Å². The van der Waals surface area contributed by atoms with Gasteiger partial charge in [-0.05, 0) is 13.3 Å². The Balaban J connectivity index is 3.43. The summed E-state index contributed by atoms with van der Waals surface area (Å²) in [5.41, 5.74) is 0. The Kier molecular flexibility index (Phi) is 4.73. The minimum absolute atomic E-state index is 0.0292. The fourth-order valence-corrected chi connectivity index (χ4v) is 1.05. The standard InChI is InChI=1S/C7H14O2S/c1-5(8)3-7(9)4-6(2)10/h6-7,9-10H,3-4H2,1-2H3. The van der Waals surface area contributed by atoms with E-state index in [1.165, 1.54) is 6.92 Å². The molecule has 0 aromatic carbocycles. The van der Waals surface area contributed by atoms with Gasteiger partial charge in [0.25, 0.3) is 0 Å². The molecule has 0 saturated heterocycles. The van der Waals surface area contributed by atoms with Crippen molar-refractivity contribution in [3.63, 3.8) is 0 Å². The summed E-state index contributed by atoms with van der Waals surface area (Å²) in [6.07, 6.45) is 0.332. The van der Waals surface area contributed by atoms with Crippen LogP contribution >= 0.6 is 12.6 Å². The lowest BCUT2D eigenvalue weighted by Crippen LogP contribution is -2.14. The van der Waals surface area contributed by atoms with Crippen LogP contribution < -0.4 is 0 Å². The normalized spacial score (nSPS) is 16.4. The van der Waals surface area contributed by atoms with Crippen LogP contribution in [0.2, 0.25) is 0 Å². The lowest BCUT2D eigenvalue weighted by atomic mass is 10.1. The molecule has 0 aliphatic carbocycles. The molecule has 0 aromatic heterocycles. The van der Waals surface area contributed by atoms with Gasteiger partial charge in [0.15, 0.2) is 0 Å². The maximum absolute atomic E-state index is 10.5. The highest BCUT2D eigenvalue weighted by Crippen LogP contribution is 2.06. The summed E-state index contributed by atoms with van der Waals surface area (Å²) in [4.78, 5) is 10.5. The first-order chi connectivity index (χ1) is 4.52. The predicted molar refractivity (Wildman–Crippen MR) is 44.4 cm³/mol. The molecule has 0 rings (SSSR count). The zero-order valence-electron chi connectivity index (χ0n) is 6.37. The van der Waals surface area contributed by atoms with E-state index in [9.17, 15) is 4.79 Å². The third-order valence-corrected chi connectivity index (χ3v) is 1.35. The number of ketones is 1. The molecule has 0 spiro atoms. The Morgan fingerprint density at radius 2 is 2.20 bits per heavy atom. The monoisotopic (exact) mass is 162 g/mol. The molecule has 2 nitrogen and oxygen atoms in total. The van der Waals surface area contributed by atoms with Gasteiger partial charge in [-0.25, -0.2) is 0 Å². The average Bonchev–Trinajstić information content (AvgIpc) is 1.58. The fourth-order valence-electron chi connectivity index (χ4n) is 0.809. The molecule has 2 unspecified atom stereocenters. The van der Waals surface area contributed by atoms with Gasteiger partial charge in [-0.1, -0.05) is 6.92 Å². The van der Waals surface area contributed by atoms with Crippen molar-refractivity contribution in [2.45, 2.75) is 38.0 Å². The van der Waals surface area contributed by atoms with Gasteiger partial charge in [0.1, 0.15) is 5.78 Å². The Morgan fingerprint density at radius 3 is 2.50 bits per heavy atom. The molecule has 10 heavy (non-hydrogen) atoms. The summed E-state index contributed by atoms with van der Waals surface area (Å²) < 4.78 is 0. The number of aliphatic hydroxyl groups excluding tert-OH is 1. The molecule has 0 fully saturated rings. The maximum Gasteiger partial charge on any atom is 0.132 e. The van der Waals surface area contributed by atoms with Gasteiger partial charge in [0.2, 0.25) is 0 Å². The van der Waals surface area contributed by atoms with E-state index in [2.05, 4.69) is 12.6 Å². The summed E-state index contributed by atoms with van der Waals surface area (Å²) >= 11 is 4.09. The third kappa shape index (κ3) is 6.11. The lowest BCUT2D eigenvalue weighted by Gasteiger charge is -2.09. The first-order valence-electron chi connectivity index (χ1n) is 3.38. The fraction of sp³-hybridized carbons (Fsp3) is 0.857. The molecule has 0 bridgehead atoms. The number of hydrogen-bond acceptors (Lipinski definition) is 3. The highest BCUT2D eigenvalue weighted by Gasteiger charge is 2.08. The Hall–Kier alpha value is -0.0200. The van der Waals surface area contributed by atoms with Crippen LogP contribution in [0.25, 0.3) is 0 Å². The number of carbonyl (C=O) groups is 1. The highest BCUT2D eigenvalue weighted by molar-refractivity contribution is 7.80. The molecule has 0 aliphatic rings. The van der Waals surface area contributed by atoms with Crippen LogP contribution in [0.5, 0.6) is 0 Å². The minimum Gasteiger partial charge on any atom is -0.393 e. The van der Waals surface area contributed by atoms with Crippen LogP contribution in [-0.2, 0) is 4.79 Å². The molecule has 3 heteroatoms. The van der Waals surface area contributed by atoms with E-state index >= 15 is 0 Å². The topological polar surface area (TPSA) is 37.3 Å². The molecule has 0 saturated carbocycles. The van der Waals surface area contributed by atoms with Crippen molar-refractivity contribution < 1.29 is 9.90 Å². The van der Waals surface area contributed by atoms with Crippen LogP contribution in [0.15, 0.2) is 0 Å². The van der Waals surface area contributed by atoms with Crippen LogP contribution in [0.1, 0.15) is 26.7 Å². The Labute approximate surface area is 67.0 Å². The smallest absolute Gasteiger partial charge is 0.132 e. The molecule has 60 valence electrons. The van der Waals surface area contributed by atoms with Gasteiger partial charge >= 0.3 is 0 Å². The largest absolute Gasteiger partial charge is 0.393 e. The number of thiol groups is 1. The van der Waals surface area contributed by atoms with Crippen LogP contribution in [0.4, 0.5) is 0 Å². The summed E-state index contributed by atoms with van der Waals surface area (Å²) in [7, 11) is 0. The van der Waals surface area contributed by atoms with E-state index in [1.807, 2.05) is 6.92 Å². The van der Waals surface area contributed by atoms with Crippen molar-refractivity contribution in [1.29, 1.82) is 0 Å². The van der Waals surface area contributed by atoms with Gasteiger partial charge in [0.05, 0.1) is 6.10 Å². The SMILES string of the molecule is CC(=O)CC(O)CC(C)S. The van der Waals surface area contributed by atoms with Crippen LogP contribution in [0.3, 0.4) is 0 Å². The molecular formula is C7H14O2S. The first kappa shape index (κ1) is 9.98. The molecule has 0 aliphatic heterocycles. The van der Waals surface area contributed by atoms with Crippen molar-refractivity contribution in [3.05, 3.63) is 0 Å². The van der Waals surface area contributed by atoms with Crippen molar-refractivity contribution >= 4 is 18.4 Å². The summed E-state index contributed by atoms with van der Waals surface area (Å²) in [5.74, 6) is 0.0292. The van der Waals surface area contributed by atoms with Gasteiger partial charge in [-0.3, -0.25) is 4.79 Å². The van der Waals surface area contributed by atoms with Gasteiger partial charge in [-0.15, -0.1) is 0 Å². The molecule has 0 aromatic rings. The first-order valence-corrected chi connectivity index (χ1v) is 3.89. The van der Waals surface area contributed by atoms with Crippen molar-refractivity contribution in [2.75, 3.05) is 0 Å². The summed E-state index contributed by atoms with van der Waals surface area (Å²) in [5, 5.41) is 9.28. The number of hydrogen-bond donors (Lipinski definition) is 2. The van der Waals surface area contributed by atoms with Gasteiger partial charge < -0.3 is 5.11 Å². The van der Waals surface area contributed by atoms with Crippen LogP contribution in [-0.4, -0.2) is 22.2 Å². The van der Waals surface area contributed by atoms with E-state index in [0.717, 1.165) is 0 Å². The number of carbonyl (C=O) groups excluding carboxylic acids is 1. The highest BCUT2D eigenvalue weighted by atomic mass is 32.1. The average molecular weight is 162 g/mol. The second-order valence-electron chi connectivity index (χ2n) is 2.64. The van der Waals surface area contributed by atoms with E-state index in [1.54, 1.807) is 0 Å². The summed E-state index contributed by atoms with van der Waals surface area (Å²) in [6.45, 7) is 3.37. The van der Waals surface area contributed by atoms with Gasteiger partial charge in [0, 0.05) is 11.7 Å². The molecule has 2 atom stereocenters. The molecule has 0 heterocycles. The van der Waals surface area contributed by atoms with Crippen molar-refractivity contribution in [1.82, 2.24) is 0 Å². The zero-order valence-corrected chi connectivity index (χ0v) is 7.27. The molecule has 0 radical (unpaired) electrons. The third-order valence-electron chi connectivity index (χ3n) is 1.14. The van der Waals surface area contributed by atoms with E-state index in [4.69, 9.17) is 5.11 Å². The molecular weight excluding hydrogens is 148 g/mol. The quantitative estimate of drug-likeness (QED) is 0.606. The Bertz CT molecular complexity index is 112. The van der Waals surface area contributed by atoms with E-state index in [-0.39, 0.29) is 17.5 Å². The zero-order chi connectivity index (χ0) is 8.15. The maximum atomic E-state index is 10.5. The number of Topliss-reactive ketones (excluding diaryl/α,β-unsaturated/α-hetero) is 1. The number of aliphatic hydroxyl groups is 1. The minimum atomic E-state index is -0.509. The lowest BCUT2D eigenvalue weighted by molar-refractivity contribution is -0.118. The van der Waals surface area contributed by atoms with Crippen molar-refractivity contribution in [2.24, 2.45) is 0 Å².